The van der Waals surface area contributed by atoms with Crippen LogP contribution in [0.1, 0.15) is 38.2 Å². The second kappa shape index (κ2) is 5.60. The van der Waals surface area contributed by atoms with Crippen molar-refractivity contribution in [1.82, 2.24) is 5.32 Å². The summed E-state index contributed by atoms with van der Waals surface area (Å²) in [7, 11) is 0. The fourth-order valence-electron chi connectivity index (χ4n) is 2.58. The lowest BCUT2D eigenvalue weighted by Crippen LogP contribution is -2.29. The normalized spacial score (nSPS) is 18.5. The molecule has 0 unspecified atom stereocenters. The second-order valence-electron chi connectivity index (χ2n) is 5.36. The van der Waals surface area contributed by atoms with Crippen molar-refractivity contribution in [3.8, 4) is 0 Å². The first-order valence-electron chi connectivity index (χ1n) is 6.24. The molecule has 1 aliphatic rings. The molecule has 1 saturated carbocycles. The van der Waals surface area contributed by atoms with Crippen LogP contribution in [-0.2, 0) is 6.54 Å². The Morgan fingerprint density at radius 3 is 2.65 bits per heavy atom. The molecular weight excluding hydrogens is 253 g/mol. The van der Waals surface area contributed by atoms with E-state index in [1.807, 2.05) is 18.2 Å². The number of hydrogen-bond acceptors (Lipinski definition) is 1. The Bertz CT molecular complexity index is 384. The van der Waals surface area contributed by atoms with Crippen molar-refractivity contribution in [1.29, 1.82) is 0 Å². The van der Waals surface area contributed by atoms with Crippen LogP contribution in [0.4, 0.5) is 0 Å². The second-order valence-corrected chi connectivity index (χ2v) is 6.20. The Hall–Kier alpha value is -0.240. The highest BCUT2D eigenvalue weighted by Crippen LogP contribution is 2.36. The summed E-state index contributed by atoms with van der Waals surface area (Å²) in [6, 6.07) is 5.62. The van der Waals surface area contributed by atoms with E-state index < -0.39 is 0 Å². The molecule has 0 amide bonds. The van der Waals surface area contributed by atoms with Gasteiger partial charge >= 0.3 is 0 Å². The van der Waals surface area contributed by atoms with Gasteiger partial charge in [-0.15, -0.1) is 0 Å². The molecule has 1 fully saturated rings. The van der Waals surface area contributed by atoms with Gasteiger partial charge in [-0.1, -0.05) is 43.0 Å². The van der Waals surface area contributed by atoms with Crippen LogP contribution in [0.3, 0.4) is 0 Å². The van der Waals surface area contributed by atoms with Crippen molar-refractivity contribution >= 4 is 23.2 Å². The highest BCUT2D eigenvalue weighted by molar-refractivity contribution is 6.33. The molecule has 17 heavy (non-hydrogen) atoms. The average molecular weight is 272 g/mol. The summed E-state index contributed by atoms with van der Waals surface area (Å²) in [6.45, 7) is 4.23. The number of halogens is 2. The minimum absolute atomic E-state index is 0.477. The molecule has 0 radical (unpaired) electrons. The summed E-state index contributed by atoms with van der Waals surface area (Å²) >= 11 is 12.1. The molecule has 3 heteroatoms. The molecule has 0 aliphatic heterocycles. The minimum Gasteiger partial charge on any atom is -0.312 e. The van der Waals surface area contributed by atoms with Crippen LogP contribution in [-0.4, -0.2) is 6.54 Å². The first kappa shape index (κ1) is 13.2. The van der Waals surface area contributed by atoms with Gasteiger partial charge in [-0.3, -0.25) is 0 Å². The van der Waals surface area contributed by atoms with Gasteiger partial charge in [-0.2, -0.15) is 0 Å². The van der Waals surface area contributed by atoms with Crippen molar-refractivity contribution in [2.24, 2.45) is 5.41 Å². The zero-order valence-electron chi connectivity index (χ0n) is 10.2. The monoisotopic (exact) mass is 271 g/mol. The van der Waals surface area contributed by atoms with Crippen molar-refractivity contribution < 1.29 is 0 Å². The van der Waals surface area contributed by atoms with E-state index in [9.17, 15) is 0 Å². The Morgan fingerprint density at radius 1 is 1.24 bits per heavy atom. The maximum absolute atomic E-state index is 6.13. The van der Waals surface area contributed by atoms with Gasteiger partial charge in [-0.05, 0) is 42.0 Å². The molecular formula is C14H19Cl2N. The molecule has 0 aromatic heterocycles. The molecule has 0 spiro atoms. The van der Waals surface area contributed by atoms with E-state index >= 15 is 0 Å². The van der Waals surface area contributed by atoms with E-state index in [0.29, 0.717) is 5.41 Å². The zero-order chi connectivity index (χ0) is 12.3. The summed E-state index contributed by atoms with van der Waals surface area (Å²) in [6.07, 6.45) is 5.42. The van der Waals surface area contributed by atoms with Gasteiger partial charge in [0.05, 0.1) is 0 Å². The maximum Gasteiger partial charge on any atom is 0.0451 e. The highest BCUT2D eigenvalue weighted by Gasteiger charge is 2.27. The lowest BCUT2D eigenvalue weighted by molar-refractivity contribution is 0.314. The lowest BCUT2D eigenvalue weighted by atomic mass is 9.89. The Morgan fingerprint density at radius 2 is 1.94 bits per heavy atom. The quantitative estimate of drug-likeness (QED) is 0.840. The average Bonchev–Trinajstić information content (AvgIpc) is 2.71. The van der Waals surface area contributed by atoms with Gasteiger partial charge in [0.1, 0.15) is 0 Å². The number of benzene rings is 1. The molecule has 1 aliphatic carbocycles. The molecule has 1 nitrogen and oxygen atoms in total. The van der Waals surface area contributed by atoms with E-state index in [1.54, 1.807) is 0 Å². The number of nitrogens with one attached hydrogen (secondary N) is 1. The zero-order valence-corrected chi connectivity index (χ0v) is 11.7. The molecule has 2 rings (SSSR count). The molecule has 0 atom stereocenters. The third-order valence-corrected chi connectivity index (χ3v) is 4.29. The van der Waals surface area contributed by atoms with Gasteiger partial charge < -0.3 is 5.32 Å². The minimum atomic E-state index is 0.477. The third kappa shape index (κ3) is 3.61. The van der Waals surface area contributed by atoms with Crippen molar-refractivity contribution in [2.75, 3.05) is 6.54 Å². The SMILES string of the molecule is CC1(CNCc2cc(Cl)ccc2Cl)CCCC1. The molecule has 0 heterocycles. The van der Waals surface area contributed by atoms with Crippen LogP contribution in [0.15, 0.2) is 18.2 Å². The molecule has 1 aromatic carbocycles. The van der Waals surface area contributed by atoms with Gasteiger partial charge in [-0.25, -0.2) is 0 Å². The Balaban J connectivity index is 1.87. The fraction of sp³-hybridized carbons (Fsp3) is 0.571. The van der Waals surface area contributed by atoms with E-state index in [4.69, 9.17) is 23.2 Å². The first-order chi connectivity index (χ1) is 8.09. The van der Waals surface area contributed by atoms with Gasteiger partial charge in [0, 0.05) is 23.1 Å². The third-order valence-electron chi connectivity index (χ3n) is 3.69. The smallest absolute Gasteiger partial charge is 0.0451 e. The van der Waals surface area contributed by atoms with E-state index in [2.05, 4.69) is 12.2 Å². The molecule has 0 saturated heterocycles. The van der Waals surface area contributed by atoms with Crippen molar-refractivity contribution in [3.63, 3.8) is 0 Å². The molecule has 1 N–H and O–H groups in total. The fourth-order valence-corrected chi connectivity index (χ4v) is 2.96. The lowest BCUT2D eigenvalue weighted by Gasteiger charge is -2.24. The summed E-state index contributed by atoms with van der Waals surface area (Å²) < 4.78 is 0. The Kier molecular flexibility index (Phi) is 4.35. The summed E-state index contributed by atoms with van der Waals surface area (Å²) in [4.78, 5) is 0. The van der Waals surface area contributed by atoms with Crippen molar-refractivity contribution in [2.45, 2.75) is 39.2 Å². The number of hydrogen-bond donors (Lipinski definition) is 1. The molecule has 0 bridgehead atoms. The van der Waals surface area contributed by atoms with Gasteiger partial charge in [0.2, 0.25) is 0 Å². The molecule has 1 aromatic rings. The van der Waals surface area contributed by atoms with E-state index in [-0.39, 0.29) is 0 Å². The summed E-state index contributed by atoms with van der Waals surface area (Å²) in [5.74, 6) is 0. The topological polar surface area (TPSA) is 12.0 Å². The predicted molar refractivity (Wildman–Crippen MR) is 74.7 cm³/mol. The largest absolute Gasteiger partial charge is 0.312 e. The standard InChI is InChI=1S/C14H19Cl2N/c1-14(6-2-3-7-14)10-17-9-11-8-12(15)4-5-13(11)16/h4-5,8,17H,2-3,6-7,9-10H2,1H3. The molecule has 94 valence electrons. The van der Waals surface area contributed by atoms with Crippen LogP contribution in [0.2, 0.25) is 10.0 Å². The summed E-state index contributed by atoms with van der Waals surface area (Å²) in [5, 5.41) is 5.05. The predicted octanol–water partition coefficient (Wildman–Crippen LogP) is 4.66. The van der Waals surface area contributed by atoms with E-state index in [0.717, 1.165) is 28.7 Å². The number of rotatable bonds is 4. The van der Waals surface area contributed by atoms with E-state index in [1.165, 1.54) is 25.7 Å². The van der Waals surface area contributed by atoms with Crippen LogP contribution in [0, 0.1) is 5.41 Å². The van der Waals surface area contributed by atoms with Gasteiger partial charge in [0.25, 0.3) is 0 Å². The van der Waals surface area contributed by atoms with Crippen LogP contribution < -0.4 is 5.32 Å². The Labute approximate surface area is 114 Å². The summed E-state index contributed by atoms with van der Waals surface area (Å²) in [5.41, 5.74) is 1.56. The maximum atomic E-state index is 6.13. The van der Waals surface area contributed by atoms with Crippen LogP contribution >= 0.6 is 23.2 Å². The highest BCUT2D eigenvalue weighted by atomic mass is 35.5. The first-order valence-corrected chi connectivity index (χ1v) is 6.99. The van der Waals surface area contributed by atoms with Crippen LogP contribution in [0.5, 0.6) is 0 Å². The van der Waals surface area contributed by atoms with Crippen LogP contribution in [0.25, 0.3) is 0 Å². The van der Waals surface area contributed by atoms with Crippen molar-refractivity contribution in [3.05, 3.63) is 33.8 Å². The van der Waals surface area contributed by atoms with Gasteiger partial charge in [0.15, 0.2) is 0 Å².